The smallest absolute Gasteiger partial charge is 0.305 e. The van der Waals surface area contributed by atoms with Crippen LogP contribution in [0.15, 0.2) is 47.4 Å². The normalized spacial score (nSPS) is 21.5. The molecule has 0 bridgehead atoms. The van der Waals surface area contributed by atoms with E-state index in [1.54, 1.807) is 37.3 Å². The molecule has 1 heterocycles. The predicted molar refractivity (Wildman–Crippen MR) is 88.8 cm³/mol. The van der Waals surface area contributed by atoms with Crippen LogP contribution in [0.25, 0.3) is 0 Å². The molecule has 23 heavy (non-hydrogen) atoms. The molecule has 1 aliphatic heterocycles. The summed E-state index contributed by atoms with van der Waals surface area (Å²) in [6.07, 6.45) is 0. The summed E-state index contributed by atoms with van der Waals surface area (Å²) in [5, 5.41) is 0.458. The number of hydrogen-bond acceptors (Lipinski definition) is 4. The number of benzene rings is 2. The highest BCUT2D eigenvalue weighted by atomic mass is 35.5. The van der Waals surface area contributed by atoms with Crippen molar-refractivity contribution in [1.82, 2.24) is 3.71 Å². The molecule has 8 heteroatoms. The molecule has 0 aromatic heterocycles. The van der Waals surface area contributed by atoms with Crippen molar-refractivity contribution in [3.05, 3.63) is 58.6 Å². The fraction of sp³-hybridized carbons (Fsp3) is 0.200. The third-order valence-electron chi connectivity index (χ3n) is 3.60. The third kappa shape index (κ3) is 2.89. The first-order chi connectivity index (χ1) is 10.8. The highest BCUT2D eigenvalue weighted by Crippen LogP contribution is 2.40. The van der Waals surface area contributed by atoms with Gasteiger partial charge in [-0.3, -0.25) is 0 Å². The quantitative estimate of drug-likeness (QED) is 0.811. The van der Waals surface area contributed by atoms with Gasteiger partial charge in [-0.2, -0.15) is 4.21 Å². The first kappa shape index (κ1) is 16.4. The minimum Gasteiger partial charge on any atom is -0.388 e. The average molecular weight is 372 g/mol. The van der Waals surface area contributed by atoms with Gasteiger partial charge in [-0.1, -0.05) is 33.0 Å². The molecular weight excluding hydrogens is 358 g/mol. The summed E-state index contributed by atoms with van der Waals surface area (Å²) < 4.78 is 44.1. The molecule has 1 aliphatic rings. The van der Waals surface area contributed by atoms with Gasteiger partial charge in [0.2, 0.25) is 0 Å². The van der Waals surface area contributed by atoms with Gasteiger partial charge in [0.1, 0.15) is 5.75 Å². The number of halogens is 1. The molecule has 0 aliphatic carbocycles. The summed E-state index contributed by atoms with van der Waals surface area (Å²) in [5.74, 6) is 0.371. The van der Waals surface area contributed by atoms with E-state index in [1.807, 2.05) is 6.92 Å². The van der Waals surface area contributed by atoms with Crippen LogP contribution >= 0.6 is 11.6 Å². The van der Waals surface area contributed by atoms with Gasteiger partial charge in [0.15, 0.2) is 0 Å². The number of hydrogen-bond donors (Lipinski definition) is 0. The first-order valence-corrected chi connectivity index (χ1v) is 9.66. The molecule has 0 fully saturated rings. The fourth-order valence-corrected chi connectivity index (χ4v) is 5.52. The van der Waals surface area contributed by atoms with Crippen molar-refractivity contribution >= 4 is 32.9 Å². The van der Waals surface area contributed by atoms with Crippen LogP contribution in [0, 0.1) is 6.92 Å². The predicted octanol–water partition coefficient (Wildman–Crippen LogP) is 3.37. The highest BCUT2D eigenvalue weighted by molar-refractivity contribution is 7.99. The van der Waals surface area contributed by atoms with Gasteiger partial charge in [-0.25, -0.2) is 8.42 Å². The minimum absolute atomic E-state index is 0.0670. The van der Waals surface area contributed by atoms with Crippen molar-refractivity contribution in [3.63, 3.8) is 0 Å². The summed E-state index contributed by atoms with van der Waals surface area (Å²) >= 11 is 3.83. The maximum atomic E-state index is 12.8. The number of aryl methyl sites for hydroxylation is 1. The Kier molecular flexibility index (Phi) is 4.22. The summed E-state index contributed by atoms with van der Waals surface area (Å²) in [7, 11) is -3.97. The Bertz CT molecular complexity index is 881. The summed E-state index contributed by atoms with van der Waals surface area (Å²) in [6.45, 7) is 3.51. The van der Waals surface area contributed by atoms with E-state index in [0.29, 0.717) is 16.3 Å². The van der Waals surface area contributed by atoms with Gasteiger partial charge in [-0.15, -0.1) is 0 Å². The molecular formula is C15H14ClNO4S2. The van der Waals surface area contributed by atoms with Crippen molar-refractivity contribution in [2.24, 2.45) is 0 Å². The zero-order valence-corrected chi connectivity index (χ0v) is 14.8. The molecule has 2 aromatic rings. The van der Waals surface area contributed by atoms with E-state index in [2.05, 4.69) is 0 Å². The van der Waals surface area contributed by atoms with E-state index in [0.717, 1.165) is 9.27 Å². The lowest BCUT2D eigenvalue weighted by molar-refractivity contribution is 0.403. The zero-order chi connectivity index (χ0) is 16.8. The molecule has 5 nitrogen and oxygen atoms in total. The van der Waals surface area contributed by atoms with E-state index < -0.39 is 27.3 Å². The van der Waals surface area contributed by atoms with E-state index in [9.17, 15) is 12.6 Å². The molecule has 0 saturated heterocycles. The van der Waals surface area contributed by atoms with Crippen LogP contribution in [0.4, 0.5) is 0 Å². The van der Waals surface area contributed by atoms with Gasteiger partial charge in [0.25, 0.3) is 10.0 Å². The molecule has 0 radical (unpaired) electrons. The van der Waals surface area contributed by atoms with E-state index in [-0.39, 0.29) is 4.90 Å². The monoisotopic (exact) mass is 371 g/mol. The van der Waals surface area contributed by atoms with Gasteiger partial charge in [0, 0.05) is 10.6 Å². The second-order valence-corrected chi connectivity index (χ2v) is 8.71. The number of fused-ring (bicyclic) bond motifs is 1. The third-order valence-corrected chi connectivity index (χ3v) is 7.38. The highest BCUT2D eigenvalue weighted by Gasteiger charge is 2.41. The Balaban J connectivity index is 2.09. The van der Waals surface area contributed by atoms with Crippen molar-refractivity contribution in [1.29, 1.82) is 0 Å². The van der Waals surface area contributed by atoms with Gasteiger partial charge >= 0.3 is 11.3 Å². The average Bonchev–Trinajstić information content (AvgIpc) is 2.48. The molecule has 2 aromatic carbocycles. The summed E-state index contributed by atoms with van der Waals surface area (Å²) in [5.41, 5.74) is 1.51. The van der Waals surface area contributed by atoms with Crippen LogP contribution in [0.5, 0.6) is 5.75 Å². The lowest BCUT2D eigenvalue weighted by Gasteiger charge is -2.31. The van der Waals surface area contributed by atoms with Gasteiger partial charge in [-0.05, 0) is 44.2 Å². The Morgan fingerprint density at radius 2 is 1.83 bits per heavy atom. The zero-order valence-electron chi connectivity index (χ0n) is 12.4. The molecule has 0 N–H and O–H groups in total. The SMILES string of the molecule is Cc1ccc(S(=O)(=O)N2[C@H](C)c3cc(Cl)ccc3O[S@]2=O)cc1. The second kappa shape index (κ2) is 5.90. The maximum Gasteiger partial charge on any atom is 0.305 e. The Labute approximate surface area is 142 Å². The standard InChI is InChI=1S/C15H14ClNO4S2/c1-10-3-6-13(7-4-10)23(19,20)17-11(2)14-9-12(16)5-8-15(14)21-22(17)18/h3-9,11H,1-2H3/t11-,22-/m1/s1. The molecule has 0 unspecified atom stereocenters. The van der Waals surface area contributed by atoms with Crippen molar-refractivity contribution < 1.29 is 16.8 Å². The van der Waals surface area contributed by atoms with Crippen LogP contribution in [-0.4, -0.2) is 16.3 Å². The lowest BCUT2D eigenvalue weighted by Crippen LogP contribution is -2.40. The Hall–Kier alpha value is -1.41. The van der Waals surface area contributed by atoms with E-state index >= 15 is 0 Å². The van der Waals surface area contributed by atoms with Crippen LogP contribution in [0.3, 0.4) is 0 Å². The largest absolute Gasteiger partial charge is 0.388 e. The summed E-state index contributed by atoms with van der Waals surface area (Å²) in [4.78, 5) is 0.0670. The molecule has 2 atom stereocenters. The first-order valence-electron chi connectivity index (χ1n) is 6.81. The maximum absolute atomic E-state index is 12.8. The van der Waals surface area contributed by atoms with Crippen LogP contribution in [0.1, 0.15) is 24.1 Å². The Morgan fingerprint density at radius 3 is 2.48 bits per heavy atom. The van der Waals surface area contributed by atoms with Crippen molar-refractivity contribution in [2.75, 3.05) is 0 Å². The molecule has 0 amide bonds. The second-order valence-electron chi connectivity index (χ2n) is 5.23. The topological polar surface area (TPSA) is 63.7 Å². The van der Waals surface area contributed by atoms with Crippen molar-refractivity contribution in [3.8, 4) is 5.75 Å². The van der Waals surface area contributed by atoms with Crippen LogP contribution < -0.4 is 4.18 Å². The van der Waals surface area contributed by atoms with E-state index in [1.165, 1.54) is 12.1 Å². The van der Waals surface area contributed by atoms with Gasteiger partial charge in [0.05, 0.1) is 10.9 Å². The lowest BCUT2D eigenvalue weighted by atomic mass is 10.1. The number of sulfonamides is 1. The minimum atomic E-state index is -3.97. The van der Waals surface area contributed by atoms with Crippen LogP contribution in [-0.2, 0) is 21.3 Å². The fourth-order valence-electron chi connectivity index (χ4n) is 2.38. The number of rotatable bonds is 2. The molecule has 0 saturated carbocycles. The van der Waals surface area contributed by atoms with Gasteiger partial charge < -0.3 is 4.18 Å². The van der Waals surface area contributed by atoms with E-state index in [4.69, 9.17) is 15.8 Å². The van der Waals surface area contributed by atoms with Crippen LogP contribution in [0.2, 0.25) is 5.02 Å². The number of nitrogens with zero attached hydrogens (tertiary/aromatic N) is 1. The van der Waals surface area contributed by atoms with Crippen molar-refractivity contribution in [2.45, 2.75) is 24.8 Å². The molecule has 0 spiro atoms. The summed E-state index contributed by atoms with van der Waals surface area (Å²) in [6, 6.07) is 10.5. The molecule has 3 rings (SSSR count). The molecule has 122 valence electrons. The Morgan fingerprint density at radius 1 is 1.17 bits per heavy atom.